The van der Waals surface area contributed by atoms with Crippen LogP contribution in [-0.2, 0) is 0 Å². The first-order valence-corrected chi connectivity index (χ1v) is 9.79. The average Bonchev–Trinajstić information content (AvgIpc) is 2.69. The second-order valence-electron chi connectivity index (χ2n) is 7.24. The second-order valence-corrected chi connectivity index (χ2v) is 7.24. The number of allylic oxidation sites excluding steroid dienone is 1. The van der Waals surface area contributed by atoms with Gasteiger partial charge in [0.25, 0.3) is 5.91 Å². The van der Waals surface area contributed by atoms with Crippen LogP contribution in [0.2, 0.25) is 0 Å². The molecule has 1 aliphatic carbocycles. The van der Waals surface area contributed by atoms with Gasteiger partial charge in [0.2, 0.25) is 0 Å². The zero-order valence-corrected chi connectivity index (χ0v) is 16.2. The molecule has 0 fully saturated rings. The standard InChI is InChI=1S/C22H28N4O/c1-16(2)24-22(27)19-15-20(23-14-13-17-9-5-3-6-10-17)26-21(25-19)18-11-7-4-8-12-18/h4,7-9,11-12,15-16H,3,5-6,10,13-14H2,1-2H3,(H,24,27)(H,23,25,26). The summed E-state index contributed by atoms with van der Waals surface area (Å²) in [6.45, 7) is 4.69. The van der Waals surface area contributed by atoms with E-state index < -0.39 is 0 Å². The fourth-order valence-electron chi connectivity index (χ4n) is 3.19. The van der Waals surface area contributed by atoms with Crippen molar-refractivity contribution in [3.05, 3.63) is 53.7 Å². The van der Waals surface area contributed by atoms with Gasteiger partial charge in [0.15, 0.2) is 5.82 Å². The lowest BCUT2D eigenvalue weighted by Crippen LogP contribution is -2.31. The summed E-state index contributed by atoms with van der Waals surface area (Å²) >= 11 is 0. The third-order valence-corrected chi connectivity index (χ3v) is 4.55. The Morgan fingerprint density at radius 3 is 2.67 bits per heavy atom. The first-order chi connectivity index (χ1) is 13.1. The Labute approximate surface area is 161 Å². The summed E-state index contributed by atoms with van der Waals surface area (Å²) in [6, 6.07) is 11.5. The van der Waals surface area contributed by atoms with Crippen LogP contribution in [0.1, 0.15) is 56.4 Å². The predicted octanol–water partition coefficient (Wildman–Crippen LogP) is 4.58. The number of nitrogens with zero attached hydrogens (tertiary/aromatic N) is 2. The molecule has 0 aliphatic heterocycles. The SMILES string of the molecule is CC(C)NC(=O)c1cc(NCCC2=CCCCC2)nc(-c2ccccc2)n1. The van der Waals surface area contributed by atoms with E-state index in [2.05, 4.69) is 26.7 Å². The summed E-state index contributed by atoms with van der Waals surface area (Å²) < 4.78 is 0. The summed E-state index contributed by atoms with van der Waals surface area (Å²) in [7, 11) is 0. The van der Waals surface area contributed by atoms with E-state index in [1.807, 2.05) is 44.2 Å². The van der Waals surface area contributed by atoms with E-state index in [-0.39, 0.29) is 11.9 Å². The quantitative estimate of drug-likeness (QED) is 0.706. The van der Waals surface area contributed by atoms with E-state index in [1.165, 1.54) is 31.3 Å². The highest BCUT2D eigenvalue weighted by atomic mass is 16.1. The Morgan fingerprint density at radius 2 is 1.96 bits per heavy atom. The molecular formula is C22H28N4O. The molecule has 142 valence electrons. The maximum atomic E-state index is 12.5. The maximum Gasteiger partial charge on any atom is 0.270 e. The topological polar surface area (TPSA) is 66.9 Å². The molecule has 1 heterocycles. The number of rotatable bonds is 7. The van der Waals surface area contributed by atoms with Crippen LogP contribution in [-0.4, -0.2) is 28.5 Å². The van der Waals surface area contributed by atoms with Crippen LogP contribution < -0.4 is 10.6 Å². The Morgan fingerprint density at radius 1 is 1.15 bits per heavy atom. The number of benzene rings is 1. The zero-order chi connectivity index (χ0) is 19.1. The minimum Gasteiger partial charge on any atom is -0.370 e. The van der Waals surface area contributed by atoms with E-state index in [1.54, 1.807) is 6.07 Å². The number of nitrogens with one attached hydrogen (secondary N) is 2. The van der Waals surface area contributed by atoms with Gasteiger partial charge >= 0.3 is 0 Å². The third-order valence-electron chi connectivity index (χ3n) is 4.55. The minimum atomic E-state index is -0.178. The van der Waals surface area contributed by atoms with Gasteiger partial charge in [-0.05, 0) is 46.0 Å². The van der Waals surface area contributed by atoms with Crippen molar-refractivity contribution >= 4 is 11.7 Å². The number of carbonyl (C=O) groups excluding carboxylic acids is 1. The Bertz CT molecular complexity index is 799. The molecular weight excluding hydrogens is 336 g/mol. The van der Waals surface area contributed by atoms with Gasteiger partial charge in [-0.1, -0.05) is 42.0 Å². The molecule has 1 amide bonds. The van der Waals surface area contributed by atoms with Crippen molar-refractivity contribution in [3.63, 3.8) is 0 Å². The molecule has 0 atom stereocenters. The lowest BCUT2D eigenvalue weighted by Gasteiger charge is -2.14. The molecule has 0 saturated carbocycles. The van der Waals surface area contributed by atoms with Gasteiger partial charge in [-0.15, -0.1) is 0 Å². The van der Waals surface area contributed by atoms with E-state index in [0.29, 0.717) is 17.3 Å². The molecule has 3 rings (SSSR count). The van der Waals surface area contributed by atoms with Gasteiger partial charge in [0.05, 0.1) is 0 Å². The van der Waals surface area contributed by atoms with Gasteiger partial charge in [0.1, 0.15) is 11.5 Å². The first kappa shape index (κ1) is 19.1. The lowest BCUT2D eigenvalue weighted by molar-refractivity contribution is 0.0938. The second kappa shape index (κ2) is 9.31. The largest absolute Gasteiger partial charge is 0.370 e. The highest BCUT2D eigenvalue weighted by Gasteiger charge is 2.14. The van der Waals surface area contributed by atoms with Crippen molar-refractivity contribution in [1.29, 1.82) is 0 Å². The van der Waals surface area contributed by atoms with E-state index in [0.717, 1.165) is 18.5 Å². The maximum absolute atomic E-state index is 12.5. The van der Waals surface area contributed by atoms with Crippen LogP contribution in [0.5, 0.6) is 0 Å². The fraction of sp³-hybridized carbons (Fsp3) is 0.409. The molecule has 1 aliphatic rings. The number of aromatic nitrogens is 2. The molecule has 0 radical (unpaired) electrons. The summed E-state index contributed by atoms with van der Waals surface area (Å²) in [6.07, 6.45) is 8.36. The number of anilines is 1. The smallest absolute Gasteiger partial charge is 0.270 e. The molecule has 1 aromatic heterocycles. The van der Waals surface area contributed by atoms with Gasteiger partial charge in [-0.2, -0.15) is 0 Å². The van der Waals surface area contributed by atoms with E-state index in [9.17, 15) is 4.79 Å². The fourth-order valence-corrected chi connectivity index (χ4v) is 3.19. The average molecular weight is 364 g/mol. The van der Waals surface area contributed by atoms with Gasteiger partial charge < -0.3 is 10.6 Å². The number of hydrogen-bond acceptors (Lipinski definition) is 4. The highest BCUT2D eigenvalue weighted by Crippen LogP contribution is 2.21. The number of hydrogen-bond donors (Lipinski definition) is 2. The van der Waals surface area contributed by atoms with Crippen molar-refractivity contribution in [2.45, 2.75) is 52.0 Å². The molecule has 2 N–H and O–H groups in total. The molecule has 1 aromatic carbocycles. The monoisotopic (exact) mass is 364 g/mol. The molecule has 5 nitrogen and oxygen atoms in total. The van der Waals surface area contributed by atoms with Crippen molar-refractivity contribution in [3.8, 4) is 11.4 Å². The predicted molar refractivity (Wildman–Crippen MR) is 110 cm³/mol. The number of carbonyl (C=O) groups is 1. The molecule has 0 spiro atoms. The Hall–Kier alpha value is -2.69. The molecule has 0 saturated heterocycles. The van der Waals surface area contributed by atoms with Crippen LogP contribution >= 0.6 is 0 Å². The molecule has 2 aromatic rings. The van der Waals surface area contributed by atoms with E-state index >= 15 is 0 Å². The van der Waals surface area contributed by atoms with Crippen LogP contribution in [0.15, 0.2) is 48.0 Å². The molecule has 0 unspecified atom stereocenters. The van der Waals surface area contributed by atoms with E-state index in [4.69, 9.17) is 0 Å². The first-order valence-electron chi connectivity index (χ1n) is 9.79. The molecule has 5 heteroatoms. The number of amides is 1. The lowest BCUT2D eigenvalue weighted by atomic mass is 9.97. The van der Waals surface area contributed by atoms with Crippen LogP contribution in [0, 0.1) is 0 Å². The van der Waals surface area contributed by atoms with Gasteiger partial charge in [-0.3, -0.25) is 4.79 Å². The minimum absolute atomic E-state index is 0.0577. The third kappa shape index (κ3) is 5.64. The highest BCUT2D eigenvalue weighted by molar-refractivity contribution is 5.93. The summed E-state index contributed by atoms with van der Waals surface area (Å²) in [5.74, 6) is 1.07. The molecule has 27 heavy (non-hydrogen) atoms. The Kier molecular flexibility index (Phi) is 6.58. The van der Waals surface area contributed by atoms with Crippen molar-refractivity contribution in [1.82, 2.24) is 15.3 Å². The van der Waals surface area contributed by atoms with Crippen molar-refractivity contribution in [2.75, 3.05) is 11.9 Å². The van der Waals surface area contributed by atoms with Crippen LogP contribution in [0.25, 0.3) is 11.4 Å². The van der Waals surface area contributed by atoms with Crippen LogP contribution in [0.4, 0.5) is 5.82 Å². The summed E-state index contributed by atoms with van der Waals surface area (Å²) in [5, 5.41) is 6.29. The van der Waals surface area contributed by atoms with Gasteiger partial charge in [-0.25, -0.2) is 9.97 Å². The van der Waals surface area contributed by atoms with Crippen molar-refractivity contribution < 1.29 is 4.79 Å². The summed E-state index contributed by atoms with van der Waals surface area (Å²) in [5.41, 5.74) is 2.80. The normalized spacial score (nSPS) is 14.0. The Balaban J connectivity index is 1.78. The van der Waals surface area contributed by atoms with Crippen LogP contribution in [0.3, 0.4) is 0 Å². The molecule has 0 bridgehead atoms. The van der Waals surface area contributed by atoms with Gasteiger partial charge in [0, 0.05) is 24.2 Å². The zero-order valence-electron chi connectivity index (χ0n) is 16.2. The van der Waals surface area contributed by atoms with Crippen molar-refractivity contribution in [2.24, 2.45) is 0 Å². The summed E-state index contributed by atoms with van der Waals surface area (Å²) in [4.78, 5) is 21.6.